The summed E-state index contributed by atoms with van der Waals surface area (Å²) in [4.78, 5) is 18.5. The molecule has 0 atom stereocenters. The topological polar surface area (TPSA) is 189 Å². The van der Waals surface area contributed by atoms with E-state index in [1.54, 1.807) is 0 Å². The minimum absolute atomic E-state index is 0. The standard InChI is InChI=1S/2C2H2F2O5S.2Li/c2*3-2(4,1(5)6)10(7,8)9;;/h2*(H,5,6)(H,7,8,9);;/q;;2*+1/p-2. The van der Waals surface area contributed by atoms with Crippen LogP contribution in [-0.2, 0) is 29.8 Å². The number of carbonyl (C=O) groups is 2. The number of alkyl halides is 4. The van der Waals surface area contributed by atoms with Gasteiger partial charge in [0.2, 0.25) is 0 Å². The number of hydrogen-bond donors (Lipinski definition) is 2. The van der Waals surface area contributed by atoms with Crippen LogP contribution in [0.1, 0.15) is 0 Å². The van der Waals surface area contributed by atoms with Gasteiger partial charge in [-0.05, 0) is 0 Å². The van der Waals surface area contributed by atoms with E-state index < -0.39 is 42.7 Å². The van der Waals surface area contributed by atoms with E-state index in [-0.39, 0.29) is 37.7 Å². The van der Waals surface area contributed by atoms with Gasteiger partial charge in [0.15, 0.2) is 0 Å². The van der Waals surface area contributed by atoms with Gasteiger partial charge in [-0.15, -0.1) is 0 Å². The van der Waals surface area contributed by atoms with Crippen molar-refractivity contribution in [3.05, 3.63) is 0 Å². The normalized spacial score (nSPS) is 11.9. The Morgan fingerprint density at radius 3 is 0.864 bits per heavy atom. The number of hydrogen-bond acceptors (Lipinski definition) is 8. The summed E-state index contributed by atoms with van der Waals surface area (Å²) in [6.45, 7) is 0. The molecule has 0 aliphatic carbocycles. The fourth-order valence-corrected chi connectivity index (χ4v) is 0.632. The van der Waals surface area contributed by atoms with Crippen molar-refractivity contribution < 1.29 is 101 Å². The van der Waals surface area contributed by atoms with Crippen molar-refractivity contribution in [2.24, 2.45) is 0 Å². The van der Waals surface area contributed by atoms with Crippen molar-refractivity contribution in [1.29, 1.82) is 0 Å². The monoisotopic (exact) mass is 364 g/mol. The molecule has 0 aromatic carbocycles. The van der Waals surface area contributed by atoms with E-state index in [4.69, 9.17) is 9.11 Å². The maximum atomic E-state index is 11.6. The van der Waals surface area contributed by atoms with E-state index in [2.05, 4.69) is 0 Å². The maximum Gasteiger partial charge on any atom is 1.00 e. The summed E-state index contributed by atoms with van der Waals surface area (Å²) in [6, 6.07) is 0. The number of halogens is 4. The van der Waals surface area contributed by atoms with Crippen LogP contribution < -0.4 is 47.9 Å². The number of aliphatic carboxylic acids is 2. The van der Waals surface area contributed by atoms with Crippen molar-refractivity contribution in [2.45, 2.75) is 10.5 Å². The quantitative estimate of drug-likeness (QED) is 0.275. The second-order valence-electron chi connectivity index (χ2n) is 2.56. The van der Waals surface area contributed by atoms with Crippen LogP contribution in [-0.4, -0.2) is 48.4 Å². The van der Waals surface area contributed by atoms with Crippen molar-refractivity contribution in [3.8, 4) is 0 Å². The van der Waals surface area contributed by atoms with Gasteiger partial charge in [-0.3, -0.25) is 9.11 Å². The molecule has 120 valence electrons. The van der Waals surface area contributed by atoms with Crippen LogP contribution in [0.25, 0.3) is 0 Å². The first kappa shape index (κ1) is 29.7. The smallest absolute Gasteiger partial charge is 0.543 e. The Balaban J connectivity index is -0.000000135. The Hall–Kier alpha value is -0.325. The van der Waals surface area contributed by atoms with Crippen LogP contribution in [0, 0.1) is 0 Å². The van der Waals surface area contributed by atoms with Gasteiger partial charge < -0.3 is 19.8 Å². The Kier molecular flexibility index (Phi) is 12.3. The first-order chi connectivity index (χ1) is 8.39. The fourth-order valence-electron chi connectivity index (χ4n) is 0.211. The van der Waals surface area contributed by atoms with Crippen molar-refractivity contribution in [2.75, 3.05) is 0 Å². The van der Waals surface area contributed by atoms with Gasteiger partial charge in [-0.1, -0.05) is 0 Å². The summed E-state index contributed by atoms with van der Waals surface area (Å²) in [5.41, 5.74) is 0. The molecule has 0 bridgehead atoms. The summed E-state index contributed by atoms with van der Waals surface area (Å²) in [5, 5.41) is 8.08. The average Bonchev–Trinajstić information content (AvgIpc) is 2.14. The van der Waals surface area contributed by atoms with Crippen LogP contribution in [0.5, 0.6) is 0 Å². The second-order valence-corrected chi connectivity index (χ2v) is 5.48. The summed E-state index contributed by atoms with van der Waals surface area (Å²) >= 11 is 0. The predicted octanol–water partition coefficient (Wildman–Crippen LogP) is -9.56. The molecule has 0 fully saturated rings. The summed E-state index contributed by atoms with van der Waals surface area (Å²) in [7, 11) is -11.8. The molecule has 22 heavy (non-hydrogen) atoms. The van der Waals surface area contributed by atoms with Gasteiger partial charge in [0.05, 0.1) is 0 Å². The molecule has 0 aromatic heterocycles. The molecule has 0 heterocycles. The van der Waals surface area contributed by atoms with Crippen LogP contribution >= 0.6 is 0 Å². The molecule has 0 rings (SSSR count). The average molecular weight is 364 g/mol. The minimum Gasteiger partial charge on any atom is -0.543 e. The van der Waals surface area contributed by atoms with Gasteiger partial charge in [0, 0.05) is 0 Å². The summed E-state index contributed by atoms with van der Waals surface area (Å²) in [6.07, 6.45) is 0. The molecule has 10 nitrogen and oxygen atoms in total. The molecule has 18 heteroatoms. The van der Waals surface area contributed by atoms with Gasteiger partial charge >= 0.3 is 68.5 Å². The number of rotatable bonds is 4. The van der Waals surface area contributed by atoms with Gasteiger partial charge in [-0.25, -0.2) is 0 Å². The molecule has 0 aliphatic heterocycles. The molecule has 0 radical (unpaired) electrons. The van der Waals surface area contributed by atoms with Crippen molar-refractivity contribution >= 4 is 32.2 Å². The molecular weight excluding hydrogens is 362 g/mol. The summed E-state index contributed by atoms with van der Waals surface area (Å²) < 4.78 is 99.2. The fraction of sp³-hybridized carbons (Fsp3) is 0.500. The zero-order chi connectivity index (χ0) is 17.2. The van der Waals surface area contributed by atoms with Gasteiger partial charge in [0.1, 0.15) is 11.9 Å². The van der Waals surface area contributed by atoms with Crippen LogP contribution in [0.3, 0.4) is 0 Å². The van der Waals surface area contributed by atoms with E-state index in [1.165, 1.54) is 0 Å². The number of carboxylic acid groups (broad SMARTS) is 2. The minimum atomic E-state index is -5.90. The Morgan fingerprint density at radius 2 is 0.864 bits per heavy atom. The predicted molar refractivity (Wildman–Crippen MR) is 43.0 cm³/mol. The largest absolute Gasteiger partial charge is 1.00 e. The van der Waals surface area contributed by atoms with Crippen molar-refractivity contribution in [3.63, 3.8) is 0 Å². The van der Waals surface area contributed by atoms with Gasteiger partial charge in [0.25, 0.3) is 0 Å². The zero-order valence-electron chi connectivity index (χ0n) is 10.5. The summed E-state index contributed by atoms with van der Waals surface area (Å²) in [5.74, 6) is -6.31. The Labute approximate surface area is 143 Å². The molecule has 0 saturated heterocycles. The maximum absolute atomic E-state index is 11.6. The Bertz CT molecular complexity index is 544. The van der Waals surface area contributed by atoms with E-state index in [0.717, 1.165) is 0 Å². The van der Waals surface area contributed by atoms with E-state index in [9.17, 15) is 54.2 Å². The van der Waals surface area contributed by atoms with Crippen LogP contribution in [0.15, 0.2) is 0 Å². The third-order valence-corrected chi connectivity index (χ3v) is 2.75. The van der Waals surface area contributed by atoms with Crippen molar-refractivity contribution in [1.82, 2.24) is 0 Å². The van der Waals surface area contributed by atoms with Gasteiger partial charge in [-0.2, -0.15) is 34.4 Å². The third kappa shape index (κ3) is 7.79. The number of carbonyl (C=O) groups excluding carboxylic acids is 2. The second kappa shape index (κ2) is 9.09. The van der Waals surface area contributed by atoms with E-state index >= 15 is 0 Å². The molecule has 0 spiro atoms. The van der Waals surface area contributed by atoms with E-state index in [0.29, 0.717) is 0 Å². The van der Waals surface area contributed by atoms with Crippen LogP contribution in [0.4, 0.5) is 17.6 Å². The first-order valence-electron chi connectivity index (χ1n) is 3.51. The molecule has 2 N–H and O–H groups in total. The molecule has 0 unspecified atom stereocenters. The third-order valence-electron chi connectivity index (χ3n) is 1.12. The zero-order valence-corrected chi connectivity index (χ0v) is 12.1. The SMILES string of the molecule is O=C([O-])C(F)(F)S(=O)(=O)O.O=C([O-])C(F)(F)S(=O)(=O)O.[Li+].[Li+]. The molecule has 0 aromatic rings. The molecular formula is C4H2F4Li2O10S2. The molecule has 0 amide bonds. The molecule has 0 saturated carbocycles. The Morgan fingerprint density at radius 1 is 0.727 bits per heavy atom. The van der Waals surface area contributed by atoms with Crippen LogP contribution in [0.2, 0.25) is 0 Å². The van der Waals surface area contributed by atoms with E-state index in [1.807, 2.05) is 0 Å². The number of carboxylic acids is 2. The molecule has 0 aliphatic rings. The first-order valence-corrected chi connectivity index (χ1v) is 6.39.